The van der Waals surface area contributed by atoms with E-state index in [4.69, 9.17) is 5.11 Å². The number of thioether (sulfide) groups is 1. The summed E-state index contributed by atoms with van der Waals surface area (Å²) in [6.45, 7) is 8.64. The maximum absolute atomic E-state index is 11.8. The van der Waals surface area contributed by atoms with Crippen molar-refractivity contribution >= 4 is 23.8 Å². The number of rotatable bonds is 9. The van der Waals surface area contributed by atoms with Crippen molar-refractivity contribution in [3.8, 4) is 0 Å². The number of carbonyl (C=O) groups excluding carboxylic acids is 1. The minimum atomic E-state index is -0.874. The Morgan fingerprint density at radius 2 is 1.75 bits per heavy atom. The molecule has 0 fully saturated rings. The molecule has 0 radical (unpaired) electrons. The molecule has 1 unspecified atom stereocenters. The lowest BCUT2D eigenvalue weighted by atomic mass is 9.96. The first-order valence-electron chi connectivity index (χ1n) is 7.11. The first kappa shape index (κ1) is 19.1. The quantitative estimate of drug-likeness (QED) is 0.612. The Labute approximate surface area is 126 Å². The number of amides is 2. The number of aliphatic carboxylic acids is 1. The lowest BCUT2D eigenvalue weighted by Gasteiger charge is -2.30. The second-order valence-corrected chi connectivity index (χ2v) is 6.62. The highest BCUT2D eigenvalue weighted by molar-refractivity contribution is 8.00. The summed E-state index contributed by atoms with van der Waals surface area (Å²) >= 11 is 1.76. The van der Waals surface area contributed by atoms with Gasteiger partial charge in [0.1, 0.15) is 0 Å². The normalized spacial score (nSPS) is 13.1. The van der Waals surface area contributed by atoms with Gasteiger partial charge >= 0.3 is 12.0 Å². The van der Waals surface area contributed by atoms with Crippen LogP contribution in [0.25, 0.3) is 0 Å². The smallest absolute Gasteiger partial charge is 0.314 e. The summed E-state index contributed by atoms with van der Waals surface area (Å²) in [6, 6.07) is -0.294. The lowest BCUT2D eigenvalue weighted by Crippen LogP contribution is -2.46. The van der Waals surface area contributed by atoms with Crippen LogP contribution >= 0.6 is 11.8 Å². The Kier molecular flexibility index (Phi) is 8.69. The van der Waals surface area contributed by atoms with E-state index in [9.17, 15) is 9.59 Å². The first-order chi connectivity index (χ1) is 9.31. The van der Waals surface area contributed by atoms with Crippen LogP contribution in [0.5, 0.6) is 0 Å². The summed E-state index contributed by atoms with van der Waals surface area (Å²) in [4.78, 5) is 22.8. The molecule has 0 bridgehead atoms. The predicted octanol–water partition coefficient (Wildman–Crippen LogP) is 2.56. The highest BCUT2D eigenvalue weighted by Gasteiger charge is 2.26. The van der Waals surface area contributed by atoms with Gasteiger partial charge in [-0.2, -0.15) is 11.8 Å². The number of urea groups is 1. The molecule has 0 saturated carbocycles. The number of carboxylic acid groups (broad SMARTS) is 1. The summed E-state index contributed by atoms with van der Waals surface area (Å²) in [7, 11) is 0. The summed E-state index contributed by atoms with van der Waals surface area (Å²) in [5, 5.41) is 14.6. The van der Waals surface area contributed by atoms with E-state index in [0.717, 1.165) is 12.8 Å². The van der Waals surface area contributed by atoms with E-state index >= 15 is 0 Å². The lowest BCUT2D eigenvalue weighted by molar-refractivity contribution is -0.142. The Morgan fingerprint density at radius 1 is 1.20 bits per heavy atom. The van der Waals surface area contributed by atoms with Crippen molar-refractivity contribution in [1.82, 2.24) is 10.6 Å². The van der Waals surface area contributed by atoms with Gasteiger partial charge in [-0.3, -0.25) is 4.79 Å². The van der Waals surface area contributed by atoms with Crippen molar-refractivity contribution in [2.75, 3.05) is 19.3 Å². The molecule has 118 valence electrons. The van der Waals surface area contributed by atoms with Crippen LogP contribution in [-0.2, 0) is 4.79 Å². The molecule has 0 heterocycles. The van der Waals surface area contributed by atoms with Gasteiger partial charge in [0.2, 0.25) is 0 Å². The average Bonchev–Trinajstić information content (AvgIpc) is 2.40. The zero-order valence-corrected chi connectivity index (χ0v) is 14.0. The standard InChI is InChI=1S/C14H28N2O3S/c1-6-14(7-2,20-5)9-16-13(19)15-8-11(10(3)4)12(17)18/h10-11H,6-9H2,1-5H3,(H,17,18)(H2,15,16,19). The minimum Gasteiger partial charge on any atom is -0.481 e. The van der Waals surface area contributed by atoms with Crippen LogP contribution in [0.1, 0.15) is 40.5 Å². The van der Waals surface area contributed by atoms with Gasteiger partial charge in [0.15, 0.2) is 0 Å². The van der Waals surface area contributed by atoms with Gasteiger partial charge in [-0.1, -0.05) is 27.7 Å². The number of nitrogens with one attached hydrogen (secondary N) is 2. The largest absolute Gasteiger partial charge is 0.481 e. The molecule has 0 aromatic heterocycles. The monoisotopic (exact) mass is 304 g/mol. The Morgan fingerprint density at radius 3 is 2.10 bits per heavy atom. The molecule has 5 nitrogen and oxygen atoms in total. The molecular weight excluding hydrogens is 276 g/mol. The minimum absolute atomic E-state index is 0.00984. The Balaban J connectivity index is 4.27. The van der Waals surface area contributed by atoms with Crippen LogP contribution in [0.15, 0.2) is 0 Å². The van der Waals surface area contributed by atoms with Crippen LogP contribution in [-0.4, -0.2) is 41.2 Å². The van der Waals surface area contributed by atoms with Gasteiger partial charge in [0, 0.05) is 17.8 Å². The van der Waals surface area contributed by atoms with E-state index in [1.54, 1.807) is 11.8 Å². The molecule has 20 heavy (non-hydrogen) atoms. The molecule has 2 amide bonds. The maximum Gasteiger partial charge on any atom is 0.314 e. The maximum atomic E-state index is 11.8. The van der Waals surface area contributed by atoms with Crippen molar-refractivity contribution in [2.24, 2.45) is 11.8 Å². The average molecular weight is 304 g/mol. The van der Waals surface area contributed by atoms with E-state index in [1.807, 2.05) is 20.1 Å². The topological polar surface area (TPSA) is 78.4 Å². The molecule has 1 atom stereocenters. The Hall–Kier alpha value is -0.910. The third-order valence-electron chi connectivity index (χ3n) is 3.90. The van der Waals surface area contributed by atoms with Crippen LogP contribution in [0, 0.1) is 11.8 Å². The first-order valence-corrected chi connectivity index (χ1v) is 8.34. The number of carboxylic acids is 1. The fourth-order valence-electron chi connectivity index (χ4n) is 1.98. The predicted molar refractivity (Wildman–Crippen MR) is 84.2 cm³/mol. The van der Waals surface area contributed by atoms with Crippen molar-refractivity contribution in [3.63, 3.8) is 0 Å². The van der Waals surface area contributed by atoms with Gasteiger partial charge in [-0.05, 0) is 25.0 Å². The molecule has 0 aliphatic carbocycles. The second kappa shape index (κ2) is 9.10. The molecule has 6 heteroatoms. The van der Waals surface area contributed by atoms with Gasteiger partial charge in [0.05, 0.1) is 5.92 Å². The second-order valence-electron chi connectivity index (χ2n) is 5.35. The van der Waals surface area contributed by atoms with Crippen LogP contribution < -0.4 is 10.6 Å². The molecule has 0 aromatic rings. The van der Waals surface area contributed by atoms with Crippen LogP contribution in [0.2, 0.25) is 0 Å². The Bertz CT molecular complexity index is 309. The van der Waals surface area contributed by atoms with Crippen LogP contribution in [0.3, 0.4) is 0 Å². The van der Waals surface area contributed by atoms with Crippen molar-refractivity contribution < 1.29 is 14.7 Å². The van der Waals surface area contributed by atoms with Crippen LogP contribution in [0.4, 0.5) is 4.79 Å². The van der Waals surface area contributed by atoms with Gasteiger partial charge in [-0.15, -0.1) is 0 Å². The summed E-state index contributed by atoms with van der Waals surface area (Å²) in [5.74, 6) is -1.44. The van der Waals surface area contributed by atoms with Crippen molar-refractivity contribution in [2.45, 2.75) is 45.3 Å². The van der Waals surface area contributed by atoms with E-state index in [0.29, 0.717) is 6.54 Å². The van der Waals surface area contributed by atoms with E-state index in [2.05, 4.69) is 24.5 Å². The molecule has 0 aromatic carbocycles. The number of hydrogen-bond donors (Lipinski definition) is 3. The fourth-order valence-corrected chi connectivity index (χ4v) is 2.77. The SMILES string of the molecule is CCC(CC)(CNC(=O)NCC(C(=O)O)C(C)C)SC. The molecule has 0 spiro atoms. The highest BCUT2D eigenvalue weighted by Crippen LogP contribution is 2.29. The third-order valence-corrected chi connectivity index (χ3v) is 5.48. The van der Waals surface area contributed by atoms with E-state index < -0.39 is 11.9 Å². The van der Waals surface area contributed by atoms with Gasteiger partial charge < -0.3 is 15.7 Å². The fraction of sp³-hybridized carbons (Fsp3) is 0.857. The van der Waals surface area contributed by atoms with E-state index in [1.165, 1.54) is 0 Å². The zero-order chi connectivity index (χ0) is 15.8. The molecular formula is C14H28N2O3S. The summed E-state index contributed by atoms with van der Waals surface area (Å²) in [5.41, 5.74) is 0. The van der Waals surface area contributed by atoms with E-state index in [-0.39, 0.29) is 23.2 Å². The molecule has 3 N–H and O–H groups in total. The molecule has 0 aliphatic rings. The van der Waals surface area contributed by atoms with Gasteiger partial charge in [0.25, 0.3) is 0 Å². The highest BCUT2D eigenvalue weighted by atomic mass is 32.2. The third kappa shape index (κ3) is 6.03. The van der Waals surface area contributed by atoms with Crippen molar-refractivity contribution in [1.29, 1.82) is 0 Å². The number of hydrogen-bond acceptors (Lipinski definition) is 3. The summed E-state index contributed by atoms with van der Waals surface area (Å²) < 4.78 is 0.0571. The van der Waals surface area contributed by atoms with Crippen molar-refractivity contribution in [3.05, 3.63) is 0 Å². The molecule has 0 saturated heterocycles. The number of carbonyl (C=O) groups is 2. The molecule has 0 aliphatic heterocycles. The molecule has 0 rings (SSSR count). The zero-order valence-electron chi connectivity index (χ0n) is 13.2. The van der Waals surface area contributed by atoms with Gasteiger partial charge in [-0.25, -0.2) is 4.79 Å². The summed E-state index contributed by atoms with van der Waals surface area (Å²) in [6.07, 6.45) is 4.01.